The van der Waals surface area contributed by atoms with Crippen molar-refractivity contribution in [2.24, 2.45) is 0 Å². The van der Waals surface area contributed by atoms with Gasteiger partial charge in [0.1, 0.15) is 10.8 Å². The van der Waals surface area contributed by atoms with Gasteiger partial charge in [-0.25, -0.2) is 0 Å². The molecule has 0 aromatic carbocycles. The molecular formula is C11H16N4O2S. The molecule has 0 atom stereocenters. The van der Waals surface area contributed by atoms with E-state index in [1.165, 1.54) is 11.3 Å². The number of likely N-dealkylation sites (tertiary alicyclic amines) is 1. The number of nitrogens with one attached hydrogen (secondary N) is 1. The molecule has 0 aliphatic carbocycles. The zero-order valence-corrected chi connectivity index (χ0v) is 11.1. The number of anilines is 1. The summed E-state index contributed by atoms with van der Waals surface area (Å²) in [5.41, 5.74) is 0. The van der Waals surface area contributed by atoms with E-state index in [0.717, 1.165) is 11.4 Å². The number of piperidine rings is 1. The number of hydrogen-bond acceptors (Lipinski definition) is 6. The van der Waals surface area contributed by atoms with Crippen LogP contribution in [0.15, 0.2) is 0 Å². The van der Waals surface area contributed by atoms with Crippen molar-refractivity contribution in [2.45, 2.75) is 26.2 Å². The van der Waals surface area contributed by atoms with Gasteiger partial charge in [-0.05, 0) is 6.42 Å². The Morgan fingerprint density at radius 2 is 2.11 bits per heavy atom. The molecule has 2 rings (SSSR count). The monoisotopic (exact) mass is 268 g/mol. The molecule has 1 amide bonds. The Hall–Kier alpha value is -1.34. The predicted octanol–water partition coefficient (Wildman–Crippen LogP) is 0.704. The fourth-order valence-electron chi connectivity index (χ4n) is 1.77. The molecule has 0 saturated carbocycles. The molecule has 1 saturated heterocycles. The highest BCUT2D eigenvalue weighted by Gasteiger charge is 2.18. The Kier molecular flexibility index (Phi) is 4.38. The molecule has 6 nitrogen and oxygen atoms in total. The Morgan fingerprint density at radius 3 is 2.72 bits per heavy atom. The Labute approximate surface area is 109 Å². The number of carbonyl (C=O) groups excluding carboxylic acids is 2. The Morgan fingerprint density at radius 1 is 1.39 bits per heavy atom. The lowest BCUT2D eigenvalue weighted by Gasteiger charge is -2.24. The summed E-state index contributed by atoms with van der Waals surface area (Å²) in [5.74, 6) is 0.187. The maximum Gasteiger partial charge on any atom is 0.240 e. The zero-order valence-electron chi connectivity index (χ0n) is 10.3. The van der Waals surface area contributed by atoms with Crippen molar-refractivity contribution in [1.29, 1.82) is 0 Å². The van der Waals surface area contributed by atoms with Crippen LogP contribution in [-0.4, -0.2) is 46.4 Å². The molecule has 1 aliphatic rings. The lowest BCUT2D eigenvalue weighted by atomic mass is 10.1. The Bertz CT molecular complexity index is 436. The lowest BCUT2D eigenvalue weighted by molar-refractivity contribution is -0.124. The molecule has 18 heavy (non-hydrogen) atoms. The van der Waals surface area contributed by atoms with E-state index in [4.69, 9.17) is 0 Å². The largest absolute Gasteiger partial charge is 0.300 e. The van der Waals surface area contributed by atoms with E-state index in [9.17, 15) is 9.59 Å². The summed E-state index contributed by atoms with van der Waals surface area (Å²) in [6, 6.07) is 0. The van der Waals surface area contributed by atoms with E-state index in [1.54, 1.807) is 0 Å². The minimum Gasteiger partial charge on any atom is -0.300 e. The molecule has 1 aliphatic heterocycles. The molecule has 1 aromatic rings. The van der Waals surface area contributed by atoms with Gasteiger partial charge in [0.2, 0.25) is 11.0 Å². The van der Waals surface area contributed by atoms with Gasteiger partial charge in [0, 0.05) is 25.9 Å². The minimum absolute atomic E-state index is 0.0943. The van der Waals surface area contributed by atoms with Crippen LogP contribution in [0.5, 0.6) is 0 Å². The summed E-state index contributed by atoms with van der Waals surface area (Å²) in [6.45, 7) is 3.65. The smallest absolute Gasteiger partial charge is 0.240 e. The highest BCUT2D eigenvalue weighted by Crippen LogP contribution is 2.15. The lowest BCUT2D eigenvalue weighted by Crippen LogP contribution is -2.39. The van der Waals surface area contributed by atoms with Gasteiger partial charge >= 0.3 is 0 Å². The highest BCUT2D eigenvalue weighted by molar-refractivity contribution is 7.15. The van der Waals surface area contributed by atoms with Crippen LogP contribution in [0.1, 0.15) is 24.8 Å². The SMILES string of the molecule is CCc1nnc(NC(=O)CN2CCC(=O)CC2)s1. The molecule has 0 bridgehead atoms. The van der Waals surface area contributed by atoms with Crippen LogP contribution in [0.4, 0.5) is 5.13 Å². The third-order valence-corrected chi connectivity index (χ3v) is 3.78. The second kappa shape index (κ2) is 6.01. The van der Waals surface area contributed by atoms with Gasteiger partial charge in [0.05, 0.1) is 6.54 Å². The number of amides is 1. The van der Waals surface area contributed by atoms with E-state index in [1.807, 2.05) is 11.8 Å². The van der Waals surface area contributed by atoms with Crippen LogP contribution in [0, 0.1) is 0 Å². The first-order valence-electron chi connectivity index (χ1n) is 6.03. The molecular weight excluding hydrogens is 252 g/mol. The summed E-state index contributed by atoms with van der Waals surface area (Å²) in [7, 11) is 0. The summed E-state index contributed by atoms with van der Waals surface area (Å²) >= 11 is 1.40. The van der Waals surface area contributed by atoms with Gasteiger partial charge < -0.3 is 0 Å². The molecule has 98 valence electrons. The van der Waals surface area contributed by atoms with Crippen LogP contribution in [0.2, 0.25) is 0 Å². The van der Waals surface area contributed by atoms with Crippen molar-refractivity contribution in [1.82, 2.24) is 15.1 Å². The maximum absolute atomic E-state index is 11.8. The second-order valence-corrected chi connectivity index (χ2v) is 5.28. The number of rotatable bonds is 4. The van der Waals surface area contributed by atoms with Crippen molar-refractivity contribution < 1.29 is 9.59 Å². The van der Waals surface area contributed by atoms with E-state index < -0.39 is 0 Å². The highest BCUT2D eigenvalue weighted by atomic mass is 32.1. The Balaban J connectivity index is 1.79. The van der Waals surface area contributed by atoms with Gasteiger partial charge in [-0.15, -0.1) is 10.2 Å². The third kappa shape index (κ3) is 3.58. The molecule has 1 aromatic heterocycles. The van der Waals surface area contributed by atoms with Gasteiger partial charge in [-0.3, -0.25) is 19.8 Å². The summed E-state index contributed by atoms with van der Waals surface area (Å²) in [6.07, 6.45) is 1.92. The van der Waals surface area contributed by atoms with Gasteiger partial charge in [-0.2, -0.15) is 0 Å². The molecule has 1 N–H and O–H groups in total. The first-order valence-corrected chi connectivity index (χ1v) is 6.85. The van der Waals surface area contributed by atoms with E-state index >= 15 is 0 Å². The van der Waals surface area contributed by atoms with Crippen LogP contribution in [-0.2, 0) is 16.0 Å². The van der Waals surface area contributed by atoms with E-state index in [0.29, 0.717) is 37.6 Å². The number of Topliss-reactive ketones (excluding diaryl/α,β-unsaturated/α-hetero) is 1. The standard InChI is InChI=1S/C11H16N4O2S/c1-2-10-13-14-11(18-10)12-9(17)7-15-5-3-8(16)4-6-15/h2-7H2,1H3,(H,12,14,17). The molecule has 1 fully saturated rings. The van der Waals surface area contributed by atoms with Crippen LogP contribution >= 0.6 is 11.3 Å². The number of nitrogens with zero attached hydrogens (tertiary/aromatic N) is 3. The van der Waals surface area contributed by atoms with E-state index in [-0.39, 0.29) is 11.7 Å². The molecule has 0 spiro atoms. The van der Waals surface area contributed by atoms with Gasteiger partial charge in [-0.1, -0.05) is 18.3 Å². The fraction of sp³-hybridized carbons (Fsp3) is 0.636. The molecule has 0 unspecified atom stereocenters. The average Bonchev–Trinajstić information content (AvgIpc) is 2.79. The maximum atomic E-state index is 11.8. The van der Waals surface area contributed by atoms with Gasteiger partial charge in [0.25, 0.3) is 0 Å². The molecule has 0 radical (unpaired) electrons. The topological polar surface area (TPSA) is 75.2 Å². The normalized spacial score (nSPS) is 16.8. The van der Waals surface area contributed by atoms with Crippen molar-refractivity contribution in [3.8, 4) is 0 Å². The number of ketones is 1. The first kappa shape index (κ1) is 13.1. The van der Waals surface area contributed by atoms with Crippen LogP contribution in [0.3, 0.4) is 0 Å². The molecule has 7 heteroatoms. The fourth-order valence-corrected chi connectivity index (χ4v) is 2.47. The first-order chi connectivity index (χ1) is 8.67. The number of aryl methyl sites for hydroxylation is 1. The number of aromatic nitrogens is 2. The average molecular weight is 268 g/mol. The second-order valence-electron chi connectivity index (χ2n) is 4.22. The predicted molar refractivity (Wildman–Crippen MR) is 68.6 cm³/mol. The third-order valence-electron chi connectivity index (χ3n) is 2.80. The summed E-state index contributed by atoms with van der Waals surface area (Å²) in [5, 5.41) is 12.0. The number of carbonyl (C=O) groups is 2. The zero-order chi connectivity index (χ0) is 13.0. The van der Waals surface area contributed by atoms with E-state index in [2.05, 4.69) is 15.5 Å². The minimum atomic E-state index is -0.0943. The van der Waals surface area contributed by atoms with Crippen molar-refractivity contribution in [2.75, 3.05) is 25.0 Å². The summed E-state index contributed by atoms with van der Waals surface area (Å²) < 4.78 is 0. The quantitative estimate of drug-likeness (QED) is 0.870. The molecule has 2 heterocycles. The van der Waals surface area contributed by atoms with Crippen LogP contribution < -0.4 is 5.32 Å². The van der Waals surface area contributed by atoms with Crippen molar-refractivity contribution in [3.05, 3.63) is 5.01 Å². The van der Waals surface area contributed by atoms with Crippen molar-refractivity contribution >= 4 is 28.2 Å². The van der Waals surface area contributed by atoms with Crippen molar-refractivity contribution in [3.63, 3.8) is 0 Å². The van der Waals surface area contributed by atoms with Crippen LogP contribution in [0.25, 0.3) is 0 Å². The summed E-state index contributed by atoms with van der Waals surface area (Å²) in [4.78, 5) is 24.8. The number of hydrogen-bond donors (Lipinski definition) is 1. The van der Waals surface area contributed by atoms with Gasteiger partial charge in [0.15, 0.2) is 0 Å².